The first kappa shape index (κ1) is 20.1. The summed E-state index contributed by atoms with van der Waals surface area (Å²) in [5.41, 5.74) is 3.82. The van der Waals surface area contributed by atoms with Crippen molar-refractivity contribution in [1.82, 2.24) is 4.98 Å². The second kappa shape index (κ2) is 8.25. The van der Waals surface area contributed by atoms with E-state index in [1.807, 2.05) is 12.3 Å². The van der Waals surface area contributed by atoms with Gasteiger partial charge in [0.1, 0.15) is 0 Å². The van der Waals surface area contributed by atoms with E-state index in [2.05, 4.69) is 92.5 Å². The number of rotatable bonds is 5. The van der Waals surface area contributed by atoms with E-state index < -0.39 is 8.32 Å². The molecule has 29 heavy (non-hydrogen) atoms. The van der Waals surface area contributed by atoms with E-state index in [1.165, 1.54) is 35.2 Å². The fraction of sp³-hybridized carbons (Fsp3) is 0.346. The van der Waals surface area contributed by atoms with Crippen molar-refractivity contribution in [3.8, 4) is 0 Å². The maximum Gasteiger partial charge on any atom is 0.230 e. The fourth-order valence-corrected chi connectivity index (χ4v) is 9.62. The summed E-state index contributed by atoms with van der Waals surface area (Å²) in [6.07, 6.45) is 5.08. The van der Waals surface area contributed by atoms with Gasteiger partial charge in [-0.2, -0.15) is 0 Å². The maximum atomic E-state index is 7.36. The van der Waals surface area contributed by atoms with Gasteiger partial charge in [-0.3, -0.25) is 4.98 Å². The first-order chi connectivity index (χ1) is 14.0. The molecule has 0 spiro atoms. The van der Waals surface area contributed by atoms with Crippen LogP contribution in [0.4, 0.5) is 0 Å². The molecule has 3 aromatic rings. The van der Waals surface area contributed by atoms with E-state index in [0.717, 1.165) is 12.1 Å². The Labute approximate surface area is 176 Å². The zero-order valence-corrected chi connectivity index (χ0v) is 18.8. The van der Waals surface area contributed by atoms with Crippen LogP contribution in [0.5, 0.6) is 0 Å². The predicted octanol–water partition coefficient (Wildman–Crippen LogP) is 5.98. The van der Waals surface area contributed by atoms with E-state index in [1.54, 1.807) is 0 Å². The number of aryl methyl sites for hydroxylation is 1. The number of pyridine rings is 1. The fourth-order valence-electron chi connectivity index (χ4n) is 4.72. The Bertz CT molecular complexity index is 936. The molecule has 0 radical (unpaired) electrons. The number of fused-ring (bicyclic) bond motifs is 1. The third kappa shape index (κ3) is 4.07. The minimum absolute atomic E-state index is 0.0168. The quantitative estimate of drug-likeness (QED) is 0.491. The summed E-state index contributed by atoms with van der Waals surface area (Å²) in [4.78, 5) is 4.60. The highest BCUT2D eigenvalue weighted by Crippen LogP contribution is 2.45. The molecule has 2 heterocycles. The number of nitrogens with zero attached hydrogens (tertiary/aromatic N) is 1. The molecule has 2 nitrogen and oxygen atoms in total. The molecule has 0 saturated carbocycles. The summed E-state index contributed by atoms with van der Waals surface area (Å²) < 4.78 is 7.36. The Morgan fingerprint density at radius 1 is 0.931 bits per heavy atom. The van der Waals surface area contributed by atoms with Gasteiger partial charge in [0.15, 0.2) is 0 Å². The van der Waals surface area contributed by atoms with Crippen LogP contribution in [0, 0.1) is 0 Å². The lowest BCUT2D eigenvalue weighted by atomic mass is 10.0. The van der Waals surface area contributed by atoms with Crippen molar-refractivity contribution in [3.63, 3.8) is 0 Å². The molecule has 0 fully saturated rings. The molecule has 0 saturated heterocycles. The predicted molar refractivity (Wildman–Crippen MR) is 123 cm³/mol. The molecule has 1 aromatic heterocycles. The van der Waals surface area contributed by atoms with E-state index in [0.29, 0.717) is 0 Å². The first-order valence-corrected chi connectivity index (χ1v) is 12.8. The summed E-state index contributed by atoms with van der Waals surface area (Å²) >= 11 is 0. The molecule has 1 aliphatic heterocycles. The zero-order chi connectivity index (χ0) is 20.3. The van der Waals surface area contributed by atoms with Gasteiger partial charge in [0.2, 0.25) is 8.32 Å². The average molecular weight is 402 g/mol. The molecule has 1 unspecified atom stereocenters. The lowest BCUT2D eigenvalue weighted by Gasteiger charge is -2.48. The average Bonchev–Trinajstić information content (AvgIpc) is 2.74. The molecule has 0 amide bonds. The highest BCUT2D eigenvalue weighted by molar-refractivity contribution is 6.89. The minimum Gasteiger partial charge on any atom is -0.405 e. The molecule has 4 rings (SSSR count). The Morgan fingerprint density at radius 3 is 2.38 bits per heavy atom. The van der Waals surface area contributed by atoms with Gasteiger partial charge in [0.05, 0.1) is 6.10 Å². The molecule has 0 bridgehead atoms. The highest BCUT2D eigenvalue weighted by atomic mass is 28.4. The minimum atomic E-state index is -2.23. The maximum absolute atomic E-state index is 7.36. The van der Waals surface area contributed by atoms with Gasteiger partial charge in [0.25, 0.3) is 0 Å². The van der Waals surface area contributed by atoms with Crippen molar-refractivity contribution in [2.45, 2.75) is 57.2 Å². The molecule has 0 aliphatic carbocycles. The number of hydrogen-bond acceptors (Lipinski definition) is 2. The summed E-state index contributed by atoms with van der Waals surface area (Å²) in [5, 5.41) is 1.61. The summed E-state index contributed by atoms with van der Waals surface area (Å²) in [6.45, 7) is 7.14. The van der Waals surface area contributed by atoms with Gasteiger partial charge in [-0.25, -0.2) is 0 Å². The zero-order valence-electron chi connectivity index (χ0n) is 17.8. The molecular formula is C26H31NOSi. The van der Waals surface area contributed by atoms with Gasteiger partial charge < -0.3 is 4.43 Å². The van der Waals surface area contributed by atoms with Crippen molar-refractivity contribution >= 4 is 13.5 Å². The summed E-state index contributed by atoms with van der Waals surface area (Å²) in [6, 6.07) is 27.1. The van der Waals surface area contributed by atoms with Gasteiger partial charge in [0, 0.05) is 18.3 Å². The second-order valence-electron chi connectivity index (χ2n) is 9.13. The van der Waals surface area contributed by atoms with E-state index in [4.69, 9.17) is 4.43 Å². The molecule has 2 aromatic carbocycles. The van der Waals surface area contributed by atoms with Crippen LogP contribution in [0.3, 0.4) is 0 Å². The number of aromatic nitrogens is 1. The van der Waals surface area contributed by atoms with Crippen LogP contribution in [0.2, 0.25) is 11.1 Å². The third-order valence-electron chi connectivity index (χ3n) is 6.27. The molecule has 0 N–H and O–H groups in total. The Balaban J connectivity index is 1.78. The van der Waals surface area contributed by atoms with Crippen molar-refractivity contribution in [2.75, 3.05) is 0 Å². The van der Waals surface area contributed by atoms with Crippen LogP contribution in [0.1, 0.15) is 50.1 Å². The first-order valence-electron chi connectivity index (χ1n) is 10.7. The molecule has 150 valence electrons. The smallest absolute Gasteiger partial charge is 0.230 e. The Morgan fingerprint density at radius 2 is 1.66 bits per heavy atom. The van der Waals surface area contributed by atoms with Gasteiger partial charge in [-0.1, -0.05) is 81.4 Å². The monoisotopic (exact) mass is 401 g/mol. The standard InChI is InChI=1S/C26H31NOSi/c1-26(2,3)29(19-11-15-22-14-7-8-17-25(22)29)28-24(21-12-5-4-6-13-21)20-23-16-9-10-18-27-23/h4-10,12-14,16-18,24H,11,15,19-20H2,1-3H3/t24-,29?/m0/s1. The third-order valence-corrected chi connectivity index (χ3v) is 11.8. The number of benzene rings is 2. The lowest BCUT2D eigenvalue weighted by Crippen LogP contribution is -2.61. The summed E-state index contributed by atoms with van der Waals surface area (Å²) in [7, 11) is -2.23. The van der Waals surface area contributed by atoms with E-state index in [-0.39, 0.29) is 11.1 Å². The topological polar surface area (TPSA) is 22.1 Å². The van der Waals surface area contributed by atoms with Crippen LogP contribution in [0.25, 0.3) is 0 Å². The van der Waals surface area contributed by atoms with Crippen molar-refractivity contribution < 1.29 is 4.43 Å². The van der Waals surface area contributed by atoms with E-state index >= 15 is 0 Å². The molecular weight excluding hydrogens is 370 g/mol. The number of hydrogen-bond donors (Lipinski definition) is 0. The largest absolute Gasteiger partial charge is 0.405 e. The normalized spacial score (nSPS) is 20.1. The van der Waals surface area contributed by atoms with Crippen LogP contribution < -0.4 is 5.19 Å². The van der Waals surface area contributed by atoms with Crippen LogP contribution in [-0.2, 0) is 17.3 Å². The van der Waals surface area contributed by atoms with Crippen molar-refractivity contribution in [2.24, 2.45) is 0 Å². The van der Waals surface area contributed by atoms with Gasteiger partial charge in [-0.05, 0) is 52.4 Å². The summed E-state index contributed by atoms with van der Waals surface area (Å²) in [5.74, 6) is 0. The van der Waals surface area contributed by atoms with Gasteiger partial charge in [-0.15, -0.1) is 0 Å². The molecule has 1 aliphatic rings. The van der Waals surface area contributed by atoms with E-state index in [9.17, 15) is 0 Å². The van der Waals surface area contributed by atoms with Crippen molar-refractivity contribution in [3.05, 3.63) is 95.8 Å². The van der Waals surface area contributed by atoms with Crippen molar-refractivity contribution in [1.29, 1.82) is 0 Å². The van der Waals surface area contributed by atoms with Crippen LogP contribution in [-0.4, -0.2) is 13.3 Å². The molecule has 2 atom stereocenters. The SMILES string of the molecule is CC(C)(C)[Si]1(O[C@@H](Cc2ccccn2)c2ccccc2)CCCc2ccccc21. The highest BCUT2D eigenvalue weighted by Gasteiger charge is 2.51. The Hall–Kier alpha value is -2.23. The molecule has 3 heteroatoms. The van der Waals surface area contributed by atoms with Crippen LogP contribution >= 0.6 is 0 Å². The Kier molecular flexibility index (Phi) is 5.71. The van der Waals surface area contributed by atoms with Gasteiger partial charge >= 0.3 is 0 Å². The van der Waals surface area contributed by atoms with Crippen LogP contribution in [0.15, 0.2) is 79.0 Å². The lowest BCUT2D eigenvalue weighted by molar-refractivity contribution is 0.181. The second-order valence-corrected chi connectivity index (χ2v) is 13.6.